The van der Waals surface area contributed by atoms with Crippen molar-refractivity contribution in [1.82, 2.24) is 24.6 Å². The number of nitrogens with zero attached hydrogens (tertiary/aromatic N) is 7. The monoisotopic (exact) mass is 455 g/mol. The summed E-state index contributed by atoms with van der Waals surface area (Å²) in [6.45, 7) is 2.57. The van der Waals surface area contributed by atoms with Crippen LogP contribution in [0.4, 0.5) is 5.82 Å². The summed E-state index contributed by atoms with van der Waals surface area (Å²) in [7, 11) is 0. The van der Waals surface area contributed by atoms with E-state index in [1.165, 1.54) is 11.3 Å². The number of amides is 1. The molecule has 1 aromatic carbocycles. The van der Waals surface area contributed by atoms with E-state index in [0.717, 1.165) is 29.2 Å². The number of hydrogen-bond donors (Lipinski definition) is 0. The molecule has 0 saturated carbocycles. The van der Waals surface area contributed by atoms with Gasteiger partial charge in [-0.25, -0.2) is 14.6 Å². The zero-order valence-electron chi connectivity index (χ0n) is 17.8. The summed E-state index contributed by atoms with van der Waals surface area (Å²) in [5.41, 5.74) is 2.85. The summed E-state index contributed by atoms with van der Waals surface area (Å²) < 4.78 is 1.80. The predicted octanol–water partition coefficient (Wildman–Crippen LogP) is 3.61. The van der Waals surface area contributed by atoms with Crippen molar-refractivity contribution in [1.29, 1.82) is 5.26 Å². The number of rotatable bonds is 4. The lowest BCUT2D eigenvalue weighted by atomic mass is 10.2. The molecule has 1 amide bonds. The minimum atomic E-state index is -0.0728. The van der Waals surface area contributed by atoms with Crippen molar-refractivity contribution < 1.29 is 4.79 Å². The third-order valence-electron chi connectivity index (χ3n) is 5.56. The highest BCUT2D eigenvalue weighted by Crippen LogP contribution is 2.25. The lowest BCUT2D eigenvalue weighted by Gasteiger charge is -2.23. The molecule has 0 radical (unpaired) electrons. The van der Waals surface area contributed by atoms with Crippen LogP contribution >= 0.6 is 11.3 Å². The van der Waals surface area contributed by atoms with Crippen LogP contribution in [0, 0.1) is 11.3 Å². The van der Waals surface area contributed by atoms with Gasteiger partial charge >= 0.3 is 0 Å². The standard InChI is InChI=1S/C24H21N7OS/c25-14-18-6-4-9-26-22(18)29-10-5-11-30(13-12-29)24(32)21-17-33-23(28-21)19-15-27-31(16-19)20-7-2-1-3-8-20/h1-4,6-9,15-17H,5,10-13H2. The molecule has 164 valence electrons. The van der Waals surface area contributed by atoms with E-state index in [1.54, 1.807) is 29.2 Å². The number of carbonyl (C=O) groups excluding carboxylic acids is 1. The highest BCUT2D eigenvalue weighted by molar-refractivity contribution is 7.13. The summed E-state index contributed by atoms with van der Waals surface area (Å²) in [5.74, 6) is 0.608. The molecule has 4 aromatic rings. The first-order chi connectivity index (χ1) is 16.2. The SMILES string of the molecule is N#Cc1cccnc1N1CCCN(C(=O)c2csc(-c3cnn(-c4ccccc4)c3)n2)CC1. The van der Waals surface area contributed by atoms with Crippen LogP contribution in [0.1, 0.15) is 22.5 Å². The molecule has 1 aliphatic heterocycles. The quantitative estimate of drug-likeness (QED) is 0.467. The van der Waals surface area contributed by atoms with Crippen molar-refractivity contribution in [3.05, 3.63) is 77.7 Å². The van der Waals surface area contributed by atoms with Gasteiger partial charge in [-0.3, -0.25) is 4.79 Å². The van der Waals surface area contributed by atoms with Crippen LogP contribution in [0.25, 0.3) is 16.3 Å². The Bertz CT molecular complexity index is 1310. The van der Waals surface area contributed by atoms with Crippen LogP contribution in [0.15, 0.2) is 66.4 Å². The zero-order valence-corrected chi connectivity index (χ0v) is 18.6. The third kappa shape index (κ3) is 4.33. The maximum absolute atomic E-state index is 13.2. The number of para-hydroxylation sites is 1. The summed E-state index contributed by atoms with van der Waals surface area (Å²) in [6.07, 6.45) is 6.18. The van der Waals surface area contributed by atoms with Crippen LogP contribution < -0.4 is 4.90 Å². The molecule has 0 spiro atoms. The summed E-state index contributed by atoms with van der Waals surface area (Å²) in [5, 5.41) is 16.4. The Balaban J connectivity index is 1.28. The van der Waals surface area contributed by atoms with Gasteiger partial charge in [0.15, 0.2) is 0 Å². The number of thiazole rings is 1. The average Bonchev–Trinajstić information content (AvgIpc) is 3.49. The van der Waals surface area contributed by atoms with Crippen molar-refractivity contribution in [3.8, 4) is 22.3 Å². The lowest BCUT2D eigenvalue weighted by molar-refractivity contribution is 0.0762. The van der Waals surface area contributed by atoms with E-state index in [4.69, 9.17) is 0 Å². The molecule has 9 heteroatoms. The molecular formula is C24H21N7OS. The smallest absolute Gasteiger partial charge is 0.273 e. The highest BCUT2D eigenvalue weighted by Gasteiger charge is 2.24. The van der Waals surface area contributed by atoms with E-state index in [0.29, 0.717) is 36.7 Å². The molecule has 0 bridgehead atoms. The van der Waals surface area contributed by atoms with Crippen molar-refractivity contribution in [3.63, 3.8) is 0 Å². The molecule has 1 fully saturated rings. The molecule has 5 rings (SSSR count). The number of pyridine rings is 1. The fourth-order valence-electron chi connectivity index (χ4n) is 3.89. The van der Waals surface area contributed by atoms with E-state index in [1.807, 2.05) is 46.8 Å². The van der Waals surface area contributed by atoms with E-state index >= 15 is 0 Å². The Morgan fingerprint density at radius 1 is 1.06 bits per heavy atom. The molecule has 33 heavy (non-hydrogen) atoms. The van der Waals surface area contributed by atoms with Crippen LogP contribution in [-0.4, -0.2) is 56.7 Å². The lowest BCUT2D eigenvalue weighted by Crippen LogP contribution is -2.35. The van der Waals surface area contributed by atoms with Gasteiger partial charge < -0.3 is 9.80 Å². The molecule has 3 aromatic heterocycles. The van der Waals surface area contributed by atoms with Gasteiger partial charge in [-0.1, -0.05) is 18.2 Å². The number of benzene rings is 1. The van der Waals surface area contributed by atoms with Gasteiger partial charge in [0.1, 0.15) is 22.6 Å². The highest BCUT2D eigenvalue weighted by atomic mass is 32.1. The molecule has 0 atom stereocenters. The first-order valence-corrected chi connectivity index (χ1v) is 11.6. The van der Waals surface area contributed by atoms with Gasteiger partial charge in [0.05, 0.1) is 17.4 Å². The van der Waals surface area contributed by atoms with Gasteiger partial charge in [-0.15, -0.1) is 11.3 Å². The maximum atomic E-state index is 13.2. The Morgan fingerprint density at radius 2 is 1.94 bits per heavy atom. The van der Waals surface area contributed by atoms with Crippen molar-refractivity contribution >= 4 is 23.1 Å². The normalized spacial score (nSPS) is 14.0. The Morgan fingerprint density at radius 3 is 2.79 bits per heavy atom. The minimum absolute atomic E-state index is 0.0728. The van der Waals surface area contributed by atoms with Crippen LogP contribution in [0.2, 0.25) is 0 Å². The topological polar surface area (TPSA) is 90.9 Å². The van der Waals surface area contributed by atoms with Gasteiger partial charge in [-0.05, 0) is 30.7 Å². The number of anilines is 1. The van der Waals surface area contributed by atoms with Gasteiger partial charge in [0.2, 0.25) is 0 Å². The molecular weight excluding hydrogens is 434 g/mol. The van der Waals surface area contributed by atoms with Crippen molar-refractivity contribution in [2.45, 2.75) is 6.42 Å². The predicted molar refractivity (Wildman–Crippen MR) is 126 cm³/mol. The zero-order chi connectivity index (χ0) is 22.6. The van der Waals surface area contributed by atoms with Gasteiger partial charge in [0.25, 0.3) is 5.91 Å². The Labute approximate surface area is 195 Å². The molecule has 1 saturated heterocycles. The second-order valence-corrected chi connectivity index (χ2v) is 8.52. The van der Waals surface area contributed by atoms with E-state index in [2.05, 4.69) is 26.0 Å². The summed E-state index contributed by atoms with van der Waals surface area (Å²) >= 11 is 1.44. The second kappa shape index (κ2) is 9.22. The molecule has 0 unspecified atom stereocenters. The third-order valence-corrected chi connectivity index (χ3v) is 6.45. The maximum Gasteiger partial charge on any atom is 0.273 e. The van der Waals surface area contributed by atoms with Crippen molar-refractivity contribution in [2.24, 2.45) is 0 Å². The Hall–Kier alpha value is -4.03. The second-order valence-electron chi connectivity index (χ2n) is 7.67. The van der Waals surface area contributed by atoms with Gasteiger partial charge in [0, 0.05) is 49.5 Å². The molecule has 8 nitrogen and oxygen atoms in total. The fraction of sp³-hybridized carbons (Fsp3) is 0.208. The van der Waals surface area contributed by atoms with E-state index < -0.39 is 0 Å². The fourth-order valence-corrected chi connectivity index (χ4v) is 4.66. The van der Waals surface area contributed by atoms with Crippen LogP contribution in [-0.2, 0) is 0 Å². The number of hydrogen-bond acceptors (Lipinski definition) is 7. The summed E-state index contributed by atoms with van der Waals surface area (Å²) in [4.78, 5) is 26.1. The Kier molecular flexibility index (Phi) is 5.83. The van der Waals surface area contributed by atoms with Crippen molar-refractivity contribution in [2.75, 3.05) is 31.1 Å². The first kappa shape index (κ1) is 20.8. The van der Waals surface area contributed by atoms with E-state index in [-0.39, 0.29) is 5.91 Å². The summed E-state index contributed by atoms with van der Waals surface area (Å²) in [6, 6.07) is 15.6. The number of carbonyl (C=O) groups is 1. The first-order valence-electron chi connectivity index (χ1n) is 10.7. The molecule has 0 N–H and O–H groups in total. The van der Waals surface area contributed by atoms with Gasteiger partial charge in [-0.2, -0.15) is 10.4 Å². The average molecular weight is 456 g/mol. The largest absolute Gasteiger partial charge is 0.354 e. The molecule has 4 heterocycles. The van der Waals surface area contributed by atoms with E-state index in [9.17, 15) is 10.1 Å². The number of aromatic nitrogens is 4. The molecule has 0 aliphatic carbocycles. The minimum Gasteiger partial charge on any atom is -0.354 e. The van der Waals surface area contributed by atoms with Crippen LogP contribution in [0.5, 0.6) is 0 Å². The number of nitriles is 1. The van der Waals surface area contributed by atoms with Crippen LogP contribution in [0.3, 0.4) is 0 Å². The molecule has 1 aliphatic rings.